The Morgan fingerprint density at radius 1 is 0.242 bits per heavy atom. The van der Waals surface area contributed by atoms with Gasteiger partial charge in [-0.15, -0.1) is 0 Å². The molecule has 0 atom stereocenters. The van der Waals surface area contributed by atoms with Crippen LogP contribution in [-0.4, -0.2) is 4.57 Å². The summed E-state index contributed by atoms with van der Waals surface area (Å²) in [6.45, 7) is 0. The Morgan fingerprint density at radius 3 is 1.10 bits per heavy atom. The second-order valence-corrected chi connectivity index (χ2v) is 15.7. The normalized spacial score (nSPS) is 11.2. The van der Waals surface area contributed by atoms with E-state index in [1.165, 1.54) is 71.9 Å². The van der Waals surface area contributed by atoms with Gasteiger partial charge in [-0.3, -0.25) is 0 Å². The Bertz CT molecular complexity index is 3140. The first kappa shape index (κ1) is 36.8. The van der Waals surface area contributed by atoms with E-state index in [2.05, 4.69) is 264 Å². The zero-order chi connectivity index (χ0) is 41.2. The first-order valence-corrected chi connectivity index (χ1v) is 21.3. The minimum absolute atomic E-state index is 1.07. The Morgan fingerprint density at radius 2 is 0.629 bits per heavy atom. The van der Waals surface area contributed by atoms with Gasteiger partial charge in [-0.1, -0.05) is 194 Å². The van der Waals surface area contributed by atoms with Crippen molar-refractivity contribution in [2.45, 2.75) is 0 Å². The topological polar surface area (TPSA) is 8.17 Å². The number of nitrogens with zero attached hydrogens (tertiary/aromatic N) is 2. The molecule has 1 heterocycles. The van der Waals surface area contributed by atoms with E-state index in [4.69, 9.17) is 0 Å². The van der Waals surface area contributed by atoms with E-state index in [1.54, 1.807) is 0 Å². The molecule has 0 fully saturated rings. The van der Waals surface area contributed by atoms with Gasteiger partial charge in [0.25, 0.3) is 0 Å². The van der Waals surface area contributed by atoms with E-state index in [0.717, 1.165) is 28.3 Å². The molecule has 0 aliphatic heterocycles. The van der Waals surface area contributed by atoms with Crippen molar-refractivity contribution in [3.05, 3.63) is 255 Å². The van der Waals surface area contributed by atoms with E-state index in [-0.39, 0.29) is 0 Å². The maximum atomic E-state index is 2.40. The molecule has 0 saturated carbocycles. The second kappa shape index (κ2) is 16.1. The average molecular weight is 791 g/mol. The molecule has 0 saturated heterocycles. The fourth-order valence-electron chi connectivity index (χ4n) is 9.07. The van der Waals surface area contributed by atoms with Crippen molar-refractivity contribution in [2.75, 3.05) is 4.90 Å². The molecule has 292 valence electrons. The molecular formula is C60H42N2. The molecule has 10 aromatic carbocycles. The third-order valence-corrected chi connectivity index (χ3v) is 12.0. The Labute approximate surface area is 362 Å². The van der Waals surface area contributed by atoms with Crippen LogP contribution < -0.4 is 4.90 Å². The summed E-state index contributed by atoms with van der Waals surface area (Å²) in [7, 11) is 0. The molecule has 11 rings (SSSR count). The van der Waals surface area contributed by atoms with Gasteiger partial charge in [0.05, 0.1) is 11.0 Å². The van der Waals surface area contributed by atoms with Crippen LogP contribution in [-0.2, 0) is 0 Å². The molecule has 0 bridgehead atoms. The summed E-state index contributed by atoms with van der Waals surface area (Å²) in [5, 5.41) is 2.52. The first-order valence-electron chi connectivity index (χ1n) is 21.3. The molecule has 2 nitrogen and oxygen atoms in total. The van der Waals surface area contributed by atoms with E-state index >= 15 is 0 Å². The molecule has 0 N–H and O–H groups in total. The Hall–Kier alpha value is -8.20. The highest BCUT2D eigenvalue weighted by Crippen LogP contribution is 2.44. The highest BCUT2D eigenvalue weighted by molar-refractivity contribution is 6.09. The van der Waals surface area contributed by atoms with E-state index in [1.807, 2.05) is 0 Å². The van der Waals surface area contributed by atoms with Crippen LogP contribution in [0, 0.1) is 0 Å². The van der Waals surface area contributed by atoms with Crippen molar-refractivity contribution in [3.63, 3.8) is 0 Å². The molecule has 0 aliphatic rings. The number of anilines is 3. The molecule has 0 radical (unpaired) electrons. The summed E-state index contributed by atoms with van der Waals surface area (Å²) in [5.74, 6) is 0. The summed E-state index contributed by atoms with van der Waals surface area (Å²) in [6.07, 6.45) is 0. The number of rotatable bonds is 9. The lowest BCUT2D eigenvalue weighted by atomic mass is 9.92. The number of benzene rings is 10. The third-order valence-electron chi connectivity index (χ3n) is 12.0. The highest BCUT2D eigenvalue weighted by atomic mass is 15.1. The van der Waals surface area contributed by atoms with Gasteiger partial charge in [-0.05, 0) is 116 Å². The van der Waals surface area contributed by atoms with Gasteiger partial charge in [0.1, 0.15) is 0 Å². The van der Waals surface area contributed by atoms with Crippen LogP contribution in [0.2, 0.25) is 0 Å². The number of hydrogen-bond acceptors (Lipinski definition) is 1. The van der Waals surface area contributed by atoms with Gasteiger partial charge in [-0.25, -0.2) is 0 Å². The van der Waals surface area contributed by atoms with E-state index < -0.39 is 0 Å². The van der Waals surface area contributed by atoms with E-state index in [9.17, 15) is 0 Å². The summed E-state index contributed by atoms with van der Waals surface area (Å²) in [4.78, 5) is 2.40. The number of aromatic nitrogens is 1. The lowest BCUT2D eigenvalue weighted by Gasteiger charge is -2.28. The van der Waals surface area contributed by atoms with Crippen LogP contribution in [0.4, 0.5) is 17.1 Å². The summed E-state index contributed by atoms with van der Waals surface area (Å²) < 4.78 is 2.39. The fourth-order valence-corrected chi connectivity index (χ4v) is 9.07. The van der Waals surface area contributed by atoms with Crippen LogP contribution in [0.25, 0.3) is 83.1 Å². The minimum atomic E-state index is 1.07. The molecule has 0 unspecified atom stereocenters. The largest absolute Gasteiger partial charge is 0.310 e. The van der Waals surface area contributed by atoms with Gasteiger partial charge in [0, 0.05) is 33.5 Å². The lowest BCUT2D eigenvalue weighted by molar-refractivity contribution is 1.18. The third kappa shape index (κ3) is 6.84. The molecule has 2 heteroatoms. The Balaban J connectivity index is 1.06. The average Bonchev–Trinajstić information content (AvgIpc) is 3.70. The van der Waals surface area contributed by atoms with Crippen LogP contribution >= 0.6 is 0 Å². The molecule has 62 heavy (non-hydrogen) atoms. The van der Waals surface area contributed by atoms with E-state index in [0.29, 0.717) is 0 Å². The fraction of sp³-hybridized carbons (Fsp3) is 0. The maximum absolute atomic E-state index is 2.40. The monoisotopic (exact) mass is 790 g/mol. The minimum Gasteiger partial charge on any atom is -0.310 e. The summed E-state index contributed by atoms with van der Waals surface area (Å²) in [6, 6.07) is 92.1. The predicted octanol–water partition coefficient (Wildman–Crippen LogP) is 16.6. The highest BCUT2D eigenvalue weighted by Gasteiger charge is 2.19. The second-order valence-electron chi connectivity index (χ2n) is 15.7. The van der Waals surface area contributed by atoms with Gasteiger partial charge in [-0.2, -0.15) is 0 Å². The Kier molecular flexibility index (Phi) is 9.57. The van der Waals surface area contributed by atoms with Crippen LogP contribution in [0.3, 0.4) is 0 Å². The van der Waals surface area contributed by atoms with Gasteiger partial charge < -0.3 is 9.47 Å². The maximum Gasteiger partial charge on any atom is 0.0541 e. The van der Waals surface area contributed by atoms with Gasteiger partial charge >= 0.3 is 0 Å². The first-order chi connectivity index (χ1) is 30.8. The molecular weight excluding hydrogens is 749 g/mol. The molecule has 0 amide bonds. The molecule has 1 aromatic heterocycles. The van der Waals surface area contributed by atoms with Gasteiger partial charge in [0.2, 0.25) is 0 Å². The predicted molar refractivity (Wildman–Crippen MR) is 263 cm³/mol. The molecule has 11 aromatic rings. The van der Waals surface area contributed by atoms with Crippen molar-refractivity contribution in [3.8, 4) is 61.3 Å². The van der Waals surface area contributed by atoms with Crippen LogP contribution in [0.5, 0.6) is 0 Å². The number of hydrogen-bond donors (Lipinski definition) is 0. The molecule has 0 spiro atoms. The van der Waals surface area contributed by atoms with Crippen molar-refractivity contribution in [1.82, 2.24) is 4.57 Å². The van der Waals surface area contributed by atoms with Crippen molar-refractivity contribution >= 4 is 38.9 Å². The standard InChI is InChI=1S/C60H42N2/c1-5-18-44(19-6-1)53-38-36-51(41-57(53)46-22-9-3-10-23-46)61(52-37-39-54(45-20-7-2-8-21-45)58(42-52)47-24-11-4-12-25-47)49-34-32-43(33-35-49)48-26-17-27-50(40-48)62-59-30-15-13-28-55(59)56-29-14-16-31-60(56)62/h1-42H. The number of para-hydroxylation sites is 2. The van der Waals surface area contributed by atoms with Crippen LogP contribution in [0.1, 0.15) is 0 Å². The number of fused-ring (bicyclic) bond motifs is 3. The van der Waals surface area contributed by atoms with Crippen LogP contribution in [0.15, 0.2) is 255 Å². The quantitative estimate of drug-likeness (QED) is 0.141. The lowest BCUT2D eigenvalue weighted by Crippen LogP contribution is -2.10. The zero-order valence-electron chi connectivity index (χ0n) is 34.1. The molecule has 0 aliphatic carbocycles. The van der Waals surface area contributed by atoms with Crippen molar-refractivity contribution < 1.29 is 0 Å². The smallest absolute Gasteiger partial charge is 0.0541 e. The zero-order valence-corrected chi connectivity index (χ0v) is 34.1. The summed E-state index contributed by atoms with van der Waals surface area (Å²) in [5.41, 5.74) is 18.6. The summed E-state index contributed by atoms with van der Waals surface area (Å²) >= 11 is 0. The van der Waals surface area contributed by atoms with Crippen molar-refractivity contribution in [2.24, 2.45) is 0 Å². The SMILES string of the molecule is c1ccc(-c2ccc(N(c3ccc(-c4cccc(-n5c6ccccc6c6ccccc65)c4)cc3)c3ccc(-c4ccccc4)c(-c4ccccc4)c3)cc2-c2ccccc2)cc1. The van der Waals surface area contributed by atoms with Crippen molar-refractivity contribution in [1.29, 1.82) is 0 Å². The van der Waals surface area contributed by atoms with Gasteiger partial charge in [0.15, 0.2) is 0 Å².